The van der Waals surface area contributed by atoms with E-state index in [4.69, 9.17) is 9.47 Å². The Labute approximate surface area is 186 Å². The molecule has 2 aromatic rings. The number of thioether (sulfide) groups is 1. The number of nitro groups is 1. The van der Waals surface area contributed by atoms with Crippen molar-refractivity contribution >= 4 is 35.3 Å². The summed E-state index contributed by atoms with van der Waals surface area (Å²) in [5, 5.41) is 16.1. The summed E-state index contributed by atoms with van der Waals surface area (Å²) in [5.74, 6) is -2.27. The predicted octanol–water partition coefficient (Wildman–Crippen LogP) is 2.05. The van der Waals surface area contributed by atoms with Gasteiger partial charge in [0.25, 0.3) is 5.69 Å². The SMILES string of the molecule is CC(=O)OC(c1ccn(C)n1)C1C(=O)N2C(C(=O)OCc3ccc([N+](=O)[O-])cc3)=CS[C@H]12. The van der Waals surface area contributed by atoms with Gasteiger partial charge in [-0.3, -0.25) is 29.3 Å². The van der Waals surface area contributed by atoms with Crippen molar-refractivity contribution in [2.75, 3.05) is 0 Å². The van der Waals surface area contributed by atoms with Crippen LogP contribution < -0.4 is 0 Å². The Morgan fingerprint density at radius 2 is 2.00 bits per heavy atom. The number of aryl methyl sites for hydroxylation is 1. The van der Waals surface area contributed by atoms with E-state index in [0.29, 0.717) is 11.3 Å². The number of amides is 1. The van der Waals surface area contributed by atoms with Crippen LogP contribution in [0.5, 0.6) is 0 Å². The Kier molecular flexibility index (Phi) is 5.70. The highest BCUT2D eigenvalue weighted by Crippen LogP contribution is 2.50. The molecule has 1 saturated heterocycles. The summed E-state index contributed by atoms with van der Waals surface area (Å²) in [6.07, 6.45) is 0.826. The molecule has 0 N–H and O–H groups in total. The van der Waals surface area contributed by atoms with Crippen LogP contribution in [0.3, 0.4) is 0 Å². The van der Waals surface area contributed by atoms with Crippen LogP contribution in [0.1, 0.15) is 24.3 Å². The number of rotatable bonds is 7. The van der Waals surface area contributed by atoms with Crippen molar-refractivity contribution < 1.29 is 28.8 Å². The van der Waals surface area contributed by atoms with Crippen molar-refractivity contribution in [1.29, 1.82) is 0 Å². The van der Waals surface area contributed by atoms with E-state index in [1.807, 2.05) is 0 Å². The first-order valence-electron chi connectivity index (χ1n) is 9.52. The number of nitro benzene ring substituents is 1. The van der Waals surface area contributed by atoms with Gasteiger partial charge in [0.15, 0.2) is 6.10 Å². The molecule has 0 bridgehead atoms. The Balaban J connectivity index is 1.41. The number of β-lactam (4-membered cyclic amide) rings is 1. The van der Waals surface area contributed by atoms with E-state index in [1.54, 1.807) is 29.4 Å². The number of fused-ring (bicyclic) bond motifs is 1. The first kappa shape index (κ1) is 21.6. The number of non-ortho nitro benzene ring substituents is 1. The number of nitrogens with zero attached hydrogens (tertiary/aromatic N) is 4. The molecule has 0 saturated carbocycles. The van der Waals surface area contributed by atoms with Gasteiger partial charge in [0, 0.05) is 37.7 Å². The molecule has 11 nitrogen and oxygen atoms in total. The maximum absolute atomic E-state index is 12.9. The quantitative estimate of drug-likeness (QED) is 0.264. The molecule has 166 valence electrons. The van der Waals surface area contributed by atoms with Crippen LogP contribution in [-0.2, 0) is 37.5 Å². The molecular formula is C20H18N4O7S. The summed E-state index contributed by atoms with van der Waals surface area (Å²) in [4.78, 5) is 48.6. The van der Waals surface area contributed by atoms with Crippen molar-refractivity contribution in [3.05, 3.63) is 69.0 Å². The summed E-state index contributed by atoms with van der Waals surface area (Å²) in [5.41, 5.74) is 1.07. The van der Waals surface area contributed by atoms with E-state index in [9.17, 15) is 24.5 Å². The number of hydrogen-bond donors (Lipinski definition) is 0. The van der Waals surface area contributed by atoms with Gasteiger partial charge in [-0.1, -0.05) is 0 Å². The summed E-state index contributed by atoms with van der Waals surface area (Å²) in [6.45, 7) is 1.16. The number of carbonyl (C=O) groups excluding carboxylic acids is 3. The minimum absolute atomic E-state index is 0.0646. The van der Waals surface area contributed by atoms with Crippen LogP contribution in [0.25, 0.3) is 0 Å². The van der Waals surface area contributed by atoms with E-state index < -0.39 is 34.3 Å². The third-order valence-electron chi connectivity index (χ3n) is 5.03. The lowest BCUT2D eigenvalue weighted by Crippen LogP contribution is -2.59. The van der Waals surface area contributed by atoms with Gasteiger partial charge in [-0.2, -0.15) is 5.10 Å². The lowest BCUT2D eigenvalue weighted by atomic mass is 9.89. The van der Waals surface area contributed by atoms with E-state index in [1.165, 1.54) is 47.9 Å². The fourth-order valence-electron chi connectivity index (χ4n) is 3.52. The molecule has 2 unspecified atom stereocenters. The van der Waals surface area contributed by atoms with Gasteiger partial charge >= 0.3 is 11.9 Å². The lowest BCUT2D eigenvalue weighted by Gasteiger charge is -2.44. The van der Waals surface area contributed by atoms with Gasteiger partial charge in [0.2, 0.25) is 5.91 Å². The normalized spacial score (nSPS) is 20.1. The van der Waals surface area contributed by atoms with Gasteiger partial charge in [-0.25, -0.2) is 4.79 Å². The molecule has 0 aliphatic carbocycles. The molecule has 1 aromatic carbocycles. The second-order valence-corrected chi connectivity index (χ2v) is 8.20. The molecule has 3 atom stereocenters. The second-order valence-electron chi connectivity index (χ2n) is 7.21. The topological polar surface area (TPSA) is 134 Å². The monoisotopic (exact) mass is 458 g/mol. The minimum Gasteiger partial charge on any atom is -0.456 e. The second kappa shape index (κ2) is 8.46. The third-order valence-corrected chi connectivity index (χ3v) is 6.18. The predicted molar refractivity (Wildman–Crippen MR) is 110 cm³/mol. The van der Waals surface area contributed by atoms with Crippen LogP contribution in [0.2, 0.25) is 0 Å². The first-order chi connectivity index (χ1) is 15.3. The Morgan fingerprint density at radius 1 is 1.28 bits per heavy atom. The number of benzene rings is 1. The highest BCUT2D eigenvalue weighted by molar-refractivity contribution is 8.03. The molecule has 12 heteroatoms. The fraction of sp³-hybridized carbons (Fsp3) is 0.300. The van der Waals surface area contributed by atoms with E-state index in [-0.39, 0.29) is 23.9 Å². The molecule has 2 aliphatic rings. The molecule has 2 aliphatic heterocycles. The fourth-order valence-corrected chi connectivity index (χ4v) is 4.77. The van der Waals surface area contributed by atoms with Gasteiger partial charge in [0.05, 0.1) is 4.92 Å². The van der Waals surface area contributed by atoms with Crippen LogP contribution in [-0.4, -0.2) is 42.8 Å². The van der Waals surface area contributed by atoms with Crippen molar-refractivity contribution in [2.45, 2.75) is 25.0 Å². The van der Waals surface area contributed by atoms with Crippen molar-refractivity contribution in [3.8, 4) is 0 Å². The highest BCUT2D eigenvalue weighted by Gasteiger charge is 2.58. The summed E-state index contributed by atoms with van der Waals surface area (Å²) in [7, 11) is 1.72. The van der Waals surface area contributed by atoms with Gasteiger partial charge in [-0.05, 0) is 23.8 Å². The van der Waals surface area contributed by atoms with Gasteiger partial charge in [-0.15, -0.1) is 11.8 Å². The first-order valence-corrected chi connectivity index (χ1v) is 10.5. The standard InChI is InChI=1S/C20H18N4O7S/c1-11(25)31-17(14-7-8-22(2)21-14)16-18(26)23-15(10-32-19(16)23)20(27)30-9-12-3-5-13(6-4-12)24(28)29/h3-8,10,16-17,19H,9H2,1-2H3/t16?,17?,19-/m1/s1. The van der Waals surface area contributed by atoms with Gasteiger partial charge in [0.1, 0.15) is 29.3 Å². The Hall–Kier alpha value is -3.67. The number of aromatic nitrogens is 2. The van der Waals surface area contributed by atoms with E-state index in [0.717, 1.165) is 0 Å². The van der Waals surface area contributed by atoms with Crippen molar-refractivity contribution in [2.24, 2.45) is 13.0 Å². The zero-order valence-electron chi connectivity index (χ0n) is 17.0. The number of esters is 2. The average Bonchev–Trinajstić information content (AvgIpc) is 3.35. The molecule has 0 radical (unpaired) electrons. The van der Waals surface area contributed by atoms with Gasteiger partial charge < -0.3 is 9.47 Å². The smallest absolute Gasteiger partial charge is 0.355 e. The molecule has 1 fully saturated rings. The summed E-state index contributed by atoms with van der Waals surface area (Å²) in [6, 6.07) is 7.30. The molecule has 3 heterocycles. The maximum Gasteiger partial charge on any atom is 0.355 e. The maximum atomic E-state index is 12.9. The van der Waals surface area contributed by atoms with Crippen molar-refractivity contribution in [1.82, 2.24) is 14.7 Å². The molecule has 32 heavy (non-hydrogen) atoms. The molecule has 1 amide bonds. The largest absolute Gasteiger partial charge is 0.456 e. The van der Waals surface area contributed by atoms with Crippen LogP contribution in [0.15, 0.2) is 47.6 Å². The average molecular weight is 458 g/mol. The van der Waals surface area contributed by atoms with Crippen LogP contribution >= 0.6 is 11.8 Å². The Morgan fingerprint density at radius 3 is 2.59 bits per heavy atom. The van der Waals surface area contributed by atoms with E-state index in [2.05, 4.69) is 5.10 Å². The number of ether oxygens (including phenoxy) is 2. The number of carbonyl (C=O) groups is 3. The van der Waals surface area contributed by atoms with E-state index >= 15 is 0 Å². The van der Waals surface area contributed by atoms with Crippen LogP contribution in [0, 0.1) is 16.0 Å². The summed E-state index contributed by atoms with van der Waals surface area (Å²) >= 11 is 1.27. The lowest BCUT2D eigenvalue weighted by molar-refractivity contribution is -0.384. The van der Waals surface area contributed by atoms with Crippen molar-refractivity contribution in [3.63, 3.8) is 0 Å². The zero-order valence-corrected chi connectivity index (χ0v) is 17.9. The molecule has 0 spiro atoms. The highest BCUT2D eigenvalue weighted by atomic mass is 32.2. The molecular weight excluding hydrogens is 440 g/mol. The zero-order chi connectivity index (χ0) is 23.0. The Bertz CT molecular complexity index is 1130. The minimum atomic E-state index is -0.862. The number of hydrogen-bond acceptors (Lipinski definition) is 9. The molecule has 4 rings (SSSR count). The summed E-state index contributed by atoms with van der Waals surface area (Å²) < 4.78 is 12.2. The van der Waals surface area contributed by atoms with Crippen LogP contribution in [0.4, 0.5) is 5.69 Å². The molecule has 1 aromatic heterocycles. The third kappa shape index (κ3) is 3.96.